The normalized spacial score (nSPS) is 14.2. The van der Waals surface area contributed by atoms with Crippen molar-refractivity contribution < 1.29 is 9.59 Å². The number of hydrogen-bond donors (Lipinski definition) is 1. The Bertz CT molecular complexity index is 471. The van der Waals surface area contributed by atoms with E-state index in [4.69, 9.17) is 0 Å². The fourth-order valence-electron chi connectivity index (χ4n) is 1.93. The molecule has 0 atom stereocenters. The van der Waals surface area contributed by atoms with Crippen LogP contribution in [0.25, 0.3) is 0 Å². The fourth-order valence-corrected chi connectivity index (χ4v) is 1.93. The number of para-hydroxylation sites is 1. The number of amides is 2. The van der Waals surface area contributed by atoms with E-state index in [0.29, 0.717) is 6.04 Å². The van der Waals surface area contributed by atoms with Gasteiger partial charge in [-0.15, -0.1) is 0 Å². The van der Waals surface area contributed by atoms with Crippen LogP contribution in [-0.4, -0.2) is 49.9 Å². The third-order valence-electron chi connectivity index (χ3n) is 3.28. The first-order valence-electron chi connectivity index (χ1n) is 6.86. The van der Waals surface area contributed by atoms with Gasteiger partial charge in [-0.2, -0.15) is 0 Å². The first-order valence-corrected chi connectivity index (χ1v) is 6.86. The van der Waals surface area contributed by atoms with Crippen LogP contribution in [0.3, 0.4) is 0 Å². The summed E-state index contributed by atoms with van der Waals surface area (Å²) in [7, 11) is 3.53. The molecule has 0 aromatic heterocycles. The molecule has 1 aliphatic carbocycles. The van der Waals surface area contributed by atoms with E-state index in [1.807, 2.05) is 30.3 Å². The van der Waals surface area contributed by atoms with E-state index in [2.05, 4.69) is 5.32 Å². The molecule has 0 heterocycles. The van der Waals surface area contributed by atoms with E-state index < -0.39 is 0 Å². The Morgan fingerprint density at radius 3 is 2.40 bits per heavy atom. The maximum Gasteiger partial charge on any atom is 0.240 e. The fraction of sp³-hybridized carbons (Fsp3) is 0.467. The van der Waals surface area contributed by atoms with Crippen molar-refractivity contribution in [2.75, 3.05) is 32.1 Å². The summed E-state index contributed by atoms with van der Waals surface area (Å²) in [5.41, 5.74) is 0.855. The SMILES string of the molecule is CN(CC(=O)NC1CC1)CC(=O)N(C)c1ccccc1. The average Bonchev–Trinajstić information content (AvgIpc) is 3.22. The highest BCUT2D eigenvalue weighted by Gasteiger charge is 2.24. The van der Waals surface area contributed by atoms with Crippen LogP contribution < -0.4 is 10.2 Å². The third-order valence-corrected chi connectivity index (χ3v) is 3.28. The van der Waals surface area contributed by atoms with Crippen LogP contribution in [0.2, 0.25) is 0 Å². The summed E-state index contributed by atoms with van der Waals surface area (Å²) >= 11 is 0. The lowest BCUT2D eigenvalue weighted by atomic mass is 10.3. The van der Waals surface area contributed by atoms with E-state index >= 15 is 0 Å². The van der Waals surface area contributed by atoms with Gasteiger partial charge in [-0.25, -0.2) is 0 Å². The minimum absolute atomic E-state index is 0.00911. The van der Waals surface area contributed by atoms with Crippen LogP contribution in [0.4, 0.5) is 5.69 Å². The van der Waals surface area contributed by atoms with Crippen molar-refractivity contribution >= 4 is 17.5 Å². The lowest BCUT2D eigenvalue weighted by molar-refractivity contribution is -0.123. The van der Waals surface area contributed by atoms with E-state index in [1.54, 1.807) is 23.9 Å². The number of nitrogens with one attached hydrogen (secondary N) is 1. The highest BCUT2D eigenvalue weighted by Crippen LogP contribution is 2.18. The number of anilines is 1. The van der Waals surface area contributed by atoms with Crippen LogP contribution in [0.1, 0.15) is 12.8 Å². The van der Waals surface area contributed by atoms with E-state index in [-0.39, 0.29) is 24.9 Å². The van der Waals surface area contributed by atoms with E-state index in [1.165, 1.54) is 0 Å². The smallest absolute Gasteiger partial charge is 0.240 e. The molecular weight excluding hydrogens is 254 g/mol. The Kier molecular flexibility index (Phi) is 4.74. The maximum atomic E-state index is 12.1. The van der Waals surface area contributed by atoms with Gasteiger partial charge in [0.15, 0.2) is 0 Å². The van der Waals surface area contributed by atoms with Crippen molar-refractivity contribution in [3.05, 3.63) is 30.3 Å². The van der Waals surface area contributed by atoms with Crippen LogP contribution in [0, 0.1) is 0 Å². The highest BCUT2D eigenvalue weighted by molar-refractivity contribution is 5.94. The standard InChI is InChI=1S/C15H21N3O2/c1-17(10-14(19)16-12-8-9-12)11-15(20)18(2)13-6-4-3-5-7-13/h3-7,12H,8-11H2,1-2H3,(H,16,19). The molecule has 108 valence electrons. The number of carbonyl (C=O) groups excluding carboxylic acids is 2. The second-order valence-corrected chi connectivity index (χ2v) is 5.30. The predicted molar refractivity (Wildman–Crippen MR) is 78.5 cm³/mol. The summed E-state index contributed by atoms with van der Waals surface area (Å²) in [6, 6.07) is 9.84. The topological polar surface area (TPSA) is 52.7 Å². The molecule has 2 rings (SSSR count). The molecule has 1 saturated carbocycles. The van der Waals surface area contributed by atoms with Crippen molar-refractivity contribution in [1.82, 2.24) is 10.2 Å². The average molecular weight is 275 g/mol. The Balaban J connectivity index is 1.79. The summed E-state index contributed by atoms with van der Waals surface area (Å²) in [5, 5.41) is 2.91. The monoisotopic (exact) mass is 275 g/mol. The van der Waals surface area contributed by atoms with Gasteiger partial charge in [-0.05, 0) is 32.0 Å². The van der Waals surface area contributed by atoms with Crippen molar-refractivity contribution in [2.45, 2.75) is 18.9 Å². The van der Waals surface area contributed by atoms with Crippen LogP contribution >= 0.6 is 0 Å². The molecule has 1 fully saturated rings. The lowest BCUT2D eigenvalue weighted by Crippen LogP contribution is -2.42. The highest BCUT2D eigenvalue weighted by atomic mass is 16.2. The minimum atomic E-state index is -0.0297. The molecule has 2 amide bonds. The summed E-state index contributed by atoms with van der Waals surface area (Å²) in [6.45, 7) is 0.481. The Morgan fingerprint density at radius 1 is 1.15 bits per heavy atom. The van der Waals surface area contributed by atoms with Gasteiger partial charge in [0, 0.05) is 18.8 Å². The van der Waals surface area contributed by atoms with Crippen molar-refractivity contribution in [3.8, 4) is 0 Å². The number of hydrogen-bond acceptors (Lipinski definition) is 3. The van der Waals surface area contributed by atoms with Gasteiger partial charge in [-0.3, -0.25) is 14.5 Å². The maximum absolute atomic E-state index is 12.1. The van der Waals surface area contributed by atoms with Gasteiger partial charge in [0.1, 0.15) is 0 Å². The molecule has 1 aliphatic rings. The zero-order valence-corrected chi connectivity index (χ0v) is 12.0. The summed E-state index contributed by atoms with van der Waals surface area (Å²) < 4.78 is 0. The third kappa shape index (κ3) is 4.35. The van der Waals surface area contributed by atoms with Crippen molar-refractivity contribution in [3.63, 3.8) is 0 Å². The quantitative estimate of drug-likeness (QED) is 0.838. The molecule has 0 unspecified atom stereocenters. The van der Waals surface area contributed by atoms with Crippen LogP contribution in [-0.2, 0) is 9.59 Å². The van der Waals surface area contributed by atoms with Crippen LogP contribution in [0.5, 0.6) is 0 Å². The number of likely N-dealkylation sites (N-methyl/N-ethyl adjacent to an activating group) is 2. The molecule has 5 heteroatoms. The molecule has 5 nitrogen and oxygen atoms in total. The Hall–Kier alpha value is -1.88. The van der Waals surface area contributed by atoms with Gasteiger partial charge in [-0.1, -0.05) is 18.2 Å². The molecule has 1 aromatic carbocycles. The molecule has 0 saturated heterocycles. The summed E-state index contributed by atoms with van der Waals surface area (Å²) in [5.74, 6) is -0.0388. The first-order chi connectivity index (χ1) is 9.56. The molecule has 0 radical (unpaired) electrons. The second kappa shape index (κ2) is 6.52. The second-order valence-electron chi connectivity index (χ2n) is 5.30. The summed E-state index contributed by atoms with van der Waals surface area (Å²) in [6.07, 6.45) is 2.15. The first kappa shape index (κ1) is 14.5. The zero-order valence-electron chi connectivity index (χ0n) is 12.0. The van der Waals surface area contributed by atoms with Crippen molar-refractivity contribution in [2.24, 2.45) is 0 Å². The molecule has 1 aromatic rings. The number of nitrogens with zero attached hydrogens (tertiary/aromatic N) is 2. The molecule has 0 bridgehead atoms. The summed E-state index contributed by atoms with van der Waals surface area (Å²) in [4.78, 5) is 27.1. The molecule has 20 heavy (non-hydrogen) atoms. The van der Waals surface area contributed by atoms with Crippen molar-refractivity contribution in [1.29, 1.82) is 0 Å². The number of rotatable bonds is 6. The van der Waals surface area contributed by atoms with Gasteiger partial charge < -0.3 is 10.2 Å². The van der Waals surface area contributed by atoms with Gasteiger partial charge in [0.25, 0.3) is 0 Å². The molecule has 0 aliphatic heterocycles. The molecule has 0 spiro atoms. The van der Waals surface area contributed by atoms with Crippen LogP contribution in [0.15, 0.2) is 30.3 Å². The van der Waals surface area contributed by atoms with Gasteiger partial charge in [0.2, 0.25) is 11.8 Å². The zero-order chi connectivity index (χ0) is 14.5. The van der Waals surface area contributed by atoms with Gasteiger partial charge in [0.05, 0.1) is 13.1 Å². The Morgan fingerprint density at radius 2 is 1.80 bits per heavy atom. The predicted octanol–water partition coefficient (Wildman–Crippen LogP) is 0.860. The lowest BCUT2D eigenvalue weighted by Gasteiger charge is -2.21. The Labute approximate surface area is 119 Å². The number of carbonyl (C=O) groups is 2. The number of benzene rings is 1. The minimum Gasteiger partial charge on any atom is -0.352 e. The molecular formula is C15H21N3O2. The molecule has 1 N–H and O–H groups in total. The van der Waals surface area contributed by atoms with E-state index in [0.717, 1.165) is 18.5 Å². The van der Waals surface area contributed by atoms with Gasteiger partial charge >= 0.3 is 0 Å². The largest absolute Gasteiger partial charge is 0.352 e. The van der Waals surface area contributed by atoms with E-state index in [9.17, 15) is 9.59 Å².